The third-order valence-corrected chi connectivity index (χ3v) is 2.97. The number of nitro groups is 1. The number of aryl methyl sites for hydroxylation is 2. The Balaban J connectivity index is 2.48. The molecule has 0 N–H and O–H groups in total. The fourth-order valence-corrected chi connectivity index (χ4v) is 2.09. The van der Waals surface area contributed by atoms with E-state index in [1.807, 2.05) is 6.92 Å². The van der Waals surface area contributed by atoms with Gasteiger partial charge in [0.15, 0.2) is 0 Å². The second-order valence-electron chi connectivity index (χ2n) is 4.21. The average molecular weight is 262 g/mol. The van der Waals surface area contributed by atoms with Crippen LogP contribution < -0.4 is 0 Å². The van der Waals surface area contributed by atoms with Crippen LogP contribution in [0.1, 0.15) is 28.7 Å². The van der Waals surface area contributed by atoms with E-state index in [9.17, 15) is 10.1 Å². The summed E-state index contributed by atoms with van der Waals surface area (Å²) in [6, 6.07) is 6.37. The fraction of sp³-hybridized carbons (Fsp3) is 0.308. The summed E-state index contributed by atoms with van der Waals surface area (Å²) >= 11 is 0. The molecule has 1 heterocycles. The van der Waals surface area contributed by atoms with E-state index < -0.39 is 11.0 Å². The van der Waals surface area contributed by atoms with Crippen molar-refractivity contribution in [3.8, 4) is 0 Å². The Morgan fingerprint density at radius 1 is 1.42 bits per heavy atom. The minimum Gasteiger partial charge on any atom is -0.372 e. The summed E-state index contributed by atoms with van der Waals surface area (Å²) < 4.78 is 10.6. The number of benzene rings is 1. The third-order valence-electron chi connectivity index (χ3n) is 2.97. The molecule has 0 bridgehead atoms. The molecule has 6 heteroatoms. The number of methoxy groups -OCH3 is 1. The van der Waals surface area contributed by atoms with Crippen LogP contribution in [0.2, 0.25) is 0 Å². The van der Waals surface area contributed by atoms with E-state index in [1.54, 1.807) is 26.2 Å². The highest BCUT2D eigenvalue weighted by atomic mass is 16.6. The molecule has 1 atom stereocenters. The van der Waals surface area contributed by atoms with E-state index in [4.69, 9.17) is 9.26 Å². The maximum absolute atomic E-state index is 10.8. The van der Waals surface area contributed by atoms with Gasteiger partial charge in [-0.05, 0) is 19.4 Å². The summed E-state index contributed by atoms with van der Waals surface area (Å²) in [5.41, 5.74) is 2.26. The predicted octanol–water partition coefficient (Wildman–Crippen LogP) is 2.94. The van der Waals surface area contributed by atoms with E-state index in [2.05, 4.69) is 5.16 Å². The first kappa shape index (κ1) is 13.2. The fourth-order valence-electron chi connectivity index (χ4n) is 2.09. The molecule has 0 aliphatic rings. The summed E-state index contributed by atoms with van der Waals surface area (Å²) in [6.07, 6.45) is -0.425. The van der Waals surface area contributed by atoms with Crippen molar-refractivity contribution in [1.82, 2.24) is 5.16 Å². The molecule has 2 aromatic rings. The van der Waals surface area contributed by atoms with Gasteiger partial charge in [0, 0.05) is 19.2 Å². The normalized spacial score (nSPS) is 12.4. The van der Waals surface area contributed by atoms with Crippen molar-refractivity contribution in [2.24, 2.45) is 0 Å². The second kappa shape index (κ2) is 5.19. The summed E-state index contributed by atoms with van der Waals surface area (Å²) in [7, 11) is 1.55. The first-order chi connectivity index (χ1) is 9.04. The van der Waals surface area contributed by atoms with E-state index in [1.165, 1.54) is 12.1 Å². The maximum Gasteiger partial charge on any atom is 0.269 e. The number of ether oxygens (including phenoxy) is 1. The van der Waals surface area contributed by atoms with Crippen LogP contribution in [0.15, 0.2) is 28.8 Å². The molecule has 2 rings (SSSR count). The predicted molar refractivity (Wildman–Crippen MR) is 67.9 cm³/mol. The minimum absolute atomic E-state index is 0.0336. The number of nitrogens with zero attached hydrogens (tertiary/aromatic N) is 2. The zero-order chi connectivity index (χ0) is 14.0. The van der Waals surface area contributed by atoms with Gasteiger partial charge in [-0.25, -0.2) is 0 Å². The summed E-state index contributed by atoms with van der Waals surface area (Å²) in [5.74, 6) is 0.649. The Kier molecular flexibility index (Phi) is 3.62. The summed E-state index contributed by atoms with van der Waals surface area (Å²) in [5, 5.41) is 14.7. The van der Waals surface area contributed by atoms with Gasteiger partial charge >= 0.3 is 0 Å². The average Bonchev–Trinajstić information content (AvgIpc) is 2.72. The Bertz CT molecular complexity index is 587. The molecule has 0 saturated carbocycles. The Morgan fingerprint density at radius 2 is 2.16 bits per heavy atom. The number of rotatable bonds is 4. The van der Waals surface area contributed by atoms with E-state index in [0.29, 0.717) is 11.3 Å². The van der Waals surface area contributed by atoms with Gasteiger partial charge in [0.05, 0.1) is 16.2 Å². The molecule has 0 saturated heterocycles. The molecular weight excluding hydrogens is 248 g/mol. The van der Waals surface area contributed by atoms with Crippen LogP contribution in [0.25, 0.3) is 0 Å². The lowest BCUT2D eigenvalue weighted by Crippen LogP contribution is -2.06. The van der Waals surface area contributed by atoms with Crippen LogP contribution in [-0.4, -0.2) is 17.2 Å². The molecule has 0 aliphatic carbocycles. The smallest absolute Gasteiger partial charge is 0.269 e. The van der Waals surface area contributed by atoms with Crippen LogP contribution in [0, 0.1) is 24.0 Å². The largest absolute Gasteiger partial charge is 0.372 e. The summed E-state index contributed by atoms with van der Waals surface area (Å²) in [6.45, 7) is 3.61. The highest BCUT2D eigenvalue weighted by Crippen LogP contribution is 2.31. The Labute approximate surface area is 110 Å². The van der Waals surface area contributed by atoms with Gasteiger partial charge in [-0.1, -0.05) is 17.3 Å². The number of hydrogen-bond acceptors (Lipinski definition) is 5. The quantitative estimate of drug-likeness (QED) is 0.625. The lowest BCUT2D eigenvalue weighted by atomic mass is 9.99. The number of aromatic nitrogens is 1. The van der Waals surface area contributed by atoms with E-state index in [-0.39, 0.29) is 5.69 Å². The van der Waals surface area contributed by atoms with Crippen molar-refractivity contribution in [3.63, 3.8) is 0 Å². The minimum atomic E-state index is -0.427. The lowest BCUT2D eigenvalue weighted by Gasteiger charge is -2.15. The van der Waals surface area contributed by atoms with Crippen LogP contribution in [0.3, 0.4) is 0 Å². The highest BCUT2D eigenvalue weighted by Gasteiger charge is 2.23. The zero-order valence-electron chi connectivity index (χ0n) is 10.9. The Morgan fingerprint density at radius 3 is 2.68 bits per heavy atom. The van der Waals surface area contributed by atoms with Crippen LogP contribution >= 0.6 is 0 Å². The summed E-state index contributed by atoms with van der Waals surface area (Å²) in [4.78, 5) is 10.4. The molecule has 6 nitrogen and oxygen atoms in total. The van der Waals surface area contributed by atoms with Crippen LogP contribution in [0.5, 0.6) is 0 Å². The second-order valence-corrected chi connectivity index (χ2v) is 4.21. The van der Waals surface area contributed by atoms with Gasteiger partial charge in [-0.15, -0.1) is 0 Å². The molecule has 0 aliphatic heterocycles. The standard InChI is InChI=1S/C13H14N2O4/c1-8-12(9(2)19-14-8)13(18-3)10-5-4-6-11(7-10)15(16)17/h4-7,13H,1-3H3. The first-order valence-corrected chi connectivity index (χ1v) is 5.74. The van der Waals surface area contributed by atoms with Gasteiger partial charge in [0.1, 0.15) is 11.9 Å². The van der Waals surface area contributed by atoms with Crippen LogP contribution in [-0.2, 0) is 4.74 Å². The van der Waals surface area contributed by atoms with E-state index >= 15 is 0 Å². The maximum atomic E-state index is 10.8. The van der Waals surface area contributed by atoms with Crippen molar-refractivity contribution in [3.05, 3.63) is 57.0 Å². The van der Waals surface area contributed by atoms with Crippen molar-refractivity contribution in [2.75, 3.05) is 7.11 Å². The van der Waals surface area contributed by atoms with Crippen LogP contribution in [0.4, 0.5) is 5.69 Å². The third kappa shape index (κ3) is 2.48. The van der Waals surface area contributed by atoms with Gasteiger partial charge < -0.3 is 9.26 Å². The number of nitro benzene ring substituents is 1. The first-order valence-electron chi connectivity index (χ1n) is 5.74. The van der Waals surface area contributed by atoms with Crippen molar-refractivity contribution < 1.29 is 14.2 Å². The van der Waals surface area contributed by atoms with Gasteiger partial charge in [0.25, 0.3) is 5.69 Å². The number of non-ortho nitro benzene ring substituents is 1. The molecule has 19 heavy (non-hydrogen) atoms. The zero-order valence-corrected chi connectivity index (χ0v) is 10.9. The van der Waals surface area contributed by atoms with Gasteiger partial charge in [0.2, 0.25) is 0 Å². The van der Waals surface area contributed by atoms with Crippen molar-refractivity contribution in [2.45, 2.75) is 20.0 Å². The highest BCUT2D eigenvalue weighted by molar-refractivity contribution is 5.40. The molecule has 100 valence electrons. The molecule has 0 radical (unpaired) electrons. The van der Waals surface area contributed by atoms with Crippen molar-refractivity contribution in [1.29, 1.82) is 0 Å². The van der Waals surface area contributed by atoms with Gasteiger partial charge in [-0.3, -0.25) is 10.1 Å². The molecule has 0 amide bonds. The van der Waals surface area contributed by atoms with E-state index in [0.717, 1.165) is 11.3 Å². The lowest BCUT2D eigenvalue weighted by molar-refractivity contribution is -0.385. The monoisotopic (exact) mass is 262 g/mol. The SMILES string of the molecule is COC(c1cccc([N+](=O)[O-])c1)c1c(C)noc1C. The molecule has 0 spiro atoms. The molecule has 1 aromatic carbocycles. The number of hydrogen-bond donors (Lipinski definition) is 0. The molecule has 0 fully saturated rings. The molecule has 1 aromatic heterocycles. The Hall–Kier alpha value is -2.21. The van der Waals surface area contributed by atoms with Gasteiger partial charge in [-0.2, -0.15) is 0 Å². The molecule has 1 unspecified atom stereocenters. The topological polar surface area (TPSA) is 78.4 Å². The molecular formula is C13H14N2O4. The van der Waals surface area contributed by atoms with Crippen molar-refractivity contribution >= 4 is 5.69 Å².